The molecule has 0 aromatic rings. The first-order valence-corrected chi connectivity index (χ1v) is 6.90. The van der Waals surface area contributed by atoms with E-state index in [1.165, 1.54) is 0 Å². The van der Waals surface area contributed by atoms with Crippen LogP contribution in [0.1, 0.15) is 32.6 Å². The van der Waals surface area contributed by atoms with Gasteiger partial charge in [-0.2, -0.15) is 13.2 Å². The number of likely N-dealkylation sites (N-methyl/N-ethyl adjacent to an activating group) is 1. The van der Waals surface area contributed by atoms with E-state index in [1.54, 1.807) is 14.0 Å². The van der Waals surface area contributed by atoms with Crippen LogP contribution in [-0.2, 0) is 4.79 Å². The zero-order valence-corrected chi connectivity index (χ0v) is 12.0. The number of piperidine rings is 1. The van der Waals surface area contributed by atoms with Gasteiger partial charge in [0.2, 0.25) is 0 Å². The summed E-state index contributed by atoms with van der Waals surface area (Å²) in [6, 6.07) is 0. The lowest BCUT2D eigenvalue weighted by Gasteiger charge is -2.33. The van der Waals surface area contributed by atoms with Gasteiger partial charge in [0.1, 0.15) is 5.54 Å². The molecule has 1 rings (SSSR count). The van der Waals surface area contributed by atoms with Crippen molar-refractivity contribution in [1.82, 2.24) is 10.2 Å². The first-order valence-electron chi connectivity index (χ1n) is 6.90. The van der Waals surface area contributed by atoms with Crippen molar-refractivity contribution in [3.8, 4) is 0 Å². The molecule has 1 unspecified atom stereocenters. The van der Waals surface area contributed by atoms with E-state index in [0.29, 0.717) is 32.5 Å². The predicted molar refractivity (Wildman–Crippen MR) is 69.6 cm³/mol. The molecule has 0 amide bonds. The summed E-state index contributed by atoms with van der Waals surface area (Å²) in [7, 11) is 1.60. The number of rotatable bonds is 6. The van der Waals surface area contributed by atoms with E-state index >= 15 is 0 Å². The Morgan fingerprint density at radius 3 is 2.30 bits per heavy atom. The second kappa shape index (κ2) is 6.76. The summed E-state index contributed by atoms with van der Waals surface area (Å²) in [6.07, 6.45) is -2.68. The van der Waals surface area contributed by atoms with Crippen molar-refractivity contribution in [3.63, 3.8) is 0 Å². The second-order valence-electron chi connectivity index (χ2n) is 5.65. The van der Waals surface area contributed by atoms with E-state index in [4.69, 9.17) is 5.11 Å². The van der Waals surface area contributed by atoms with Crippen LogP contribution in [0, 0.1) is 5.92 Å². The van der Waals surface area contributed by atoms with Crippen LogP contribution in [0.25, 0.3) is 0 Å². The highest BCUT2D eigenvalue weighted by atomic mass is 19.4. The lowest BCUT2D eigenvalue weighted by atomic mass is 9.94. The lowest BCUT2D eigenvalue weighted by molar-refractivity contribution is -0.185. The van der Waals surface area contributed by atoms with Crippen molar-refractivity contribution < 1.29 is 23.1 Å². The molecular weight excluding hydrogens is 273 g/mol. The summed E-state index contributed by atoms with van der Waals surface area (Å²) in [5.41, 5.74) is -0.968. The number of carbonyl (C=O) groups is 1. The van der Waals surface area contributed by atoms with Gasteiger partial charge in [-0.25, -0.2) is 0 Å². The predicted octanol–water partition coefficient (Wildman–Crippen LogP) is 2.10. The number of likely N-dealkylation sites (tertiary alicyclic amines) is 1. The monoisotopic (exact) mass is 296 g/mol. The fraction of sp³-hybridized carbons (Fsp3) is 0.923. The normalized spacial score (nSPS) is 21.6. The highest BCUT2D eigenvalue weighted by Gasteiger charge is 2.41. The highest BCUT2D eigenvalue weighted by Crippen LogP contribution is 2.34. The van der Waals surface area contributed by atoms with Crippen LogP contribution in [0.4, 0.5) is 13.2 Å². The molecular formula is C13H23F3N2O2. The number of nitrogens with one attached hydrogen (secondary N) is 1. The number of hydrogen-bond acceptors (Lipinski definition) is 3. The summed E-state index contributed by atoms with van der Waals surface area (Å²) < 4.78 is 37.6. The van der Waals surface area contributed by atoms with Gasteiger partial charge in [-0.1, -0.05) is 0 Å². The van der Waals surface area contributed by atoms with Gasteiger partial charge < -0.3 is 15.3 Å². The van der Waals surface area contributed by atoms with Gasteiger partial charge >= 0.3 is 12.1 Å². The molecule has 1 aliphatic rings. The Balaban J connectivity index is 2.30. The Morgan fingerprint density at radius 1 is 1.35 bits per heavy atom. The number of nitrogens with zero attached hydrogens (tertiary/aromatic N) is 1. The van der Waals surface area contributed by atoms with Crippen molar-refractivity contribution in [2.45, 2.75) is 44.3 Å². The van der Waals surface area contributed by atoms with Gasteiger partial charge in [-0.05, 0) is 59.3 Å². The number of aliphatic carboxylic acids is 1. The minimum atomic E-state index is -4.08. The van der Waals surface area contributed by atoms with Crippen molar-refractivity contribution in [3.05, 3.63) is 0 Å². The molecule has 7 heteroatoms. The summed E-state index contributed by atoms with van der Waals surface area (Å²) in [6.45, 7) is 3.14. The number of alkyl halides is 3. The standard InChI is InChI=1S/C13H23F3N2O2/c1-12(17-2,11(19)20)6-3-7-18-8-4-10(5-9-18)13(14,15)16/h10,17H,3-9H2,1-2H3,(H,19,20). The van der Waals surface area contributed by atoms with E-state index in [1.807, 2.05) is 4.90 Å². The van der Waals surface area contributed by atoms with E-state index in [2.05, 4.69) is 5.32 Å². The summed E-state index contributed by atoms with van der Waals surface area (Å²) in [4.78, 5) is 13.1. The average Bonchev–Trinajstić information content (AvgIpc) is 2.37. The molecule has 0 saturated carbocycles. The smallest absolute Gasteiger partial charge is 0.391 e. The molecule has 20 heavy (non-hydrogen) atoms. The van der Waals surface area contributed by atoms with Crippen molar-refractivity contribution in [2.24, 2.45) is 5.92 Å². The maximum absolute atomic E-state index is 12.5. The highest BCUT2D eigenvalue weighted by molar-refractivity contribution is 5.78. The van der Waals surface area contributed by atoms with Crippen LogP contribution < -0.4 is 5.32 Å². The Kier molecular flexibility index (Phi) is 5.82. The molecule has 1 atom stereocenters. The quantitative estimate of drug-likeness (QED) is 0.788. The van der Waals surface area contributed by atoms with Crippen LogP contribution in [0.5, 0.6) is 0 Å². The third kappa shape index (κ3) is 4.63. The second-order valence-corrected chi connectivity index (χ2v) is 5.65. The molecule has 0 radical (unpaired) electrons. The summed E-state index contributed by atoms with van der Waals surface area (Å²) in [5.74, 6) is -2.09. The zero-order chi connectivity index (χ0) is 15.4. The molecule has 0 bridgehead atoms. The van der Waals surface area contributed by atoms with Crippen LogP contribution in [0.2, 0.25) is 0 Å². The van der Waals surface area contributed by atoms with Crippen molar-refractivity contribution in [2.75, 3.05) is 26.7 Å². The number of hydrogen-bond donors (Lipinski definition) is 2. The fourth-order valence-corrected chi connectivity index (χ4v) is 2.48. The molecule has 118 valence electrons. The zero-order valence-electron chi connectivity index (χ0n) is 12.0. The number of carboxylic acid groups (broad SMARTS) is 1. The summed E-state index contributed by atoms with van der Waals surface area (Å²) in [5, 5.41) is 11.9. The fourth-order valence-electron chi connectivity index (χ4n) is 2.48. The van der Waals surface area contributed by atoms with Gasteiger partial charge in [-0.15, -0.1) is 0 Å². The number of halogens is 3. The first kappa shape index (κ1) is 17.2. The van der Waals surface area contributed by atoms with Crippen LogP contribution in [-0.4, -0.2) is 54.4 Å². The van der Waals surface area contributed by atoms with Gasteiger partial charge in [0.15, 0.2) is 0 Å². The first-order chi connectivity index (χ1) is 9.19. The SMILES string of the molecule is CNC(C)(CCCN1CCC(C(F)(F)F)CC1)C(=O)O. The average molecular weight is 296 g/mol. The Hall–Kier alpha value is -0.820. The van der Waals surface area contributed by atoms with Gasteiger partial charge in [0.25, 0.3) is 0 Å². The third-order valence-corrected chi connectivity index (χ3v) is 4.23. The molecule has 2 N–H and O–H groups in total. The molecule has 1 heterocycles. The third-order valence-electron chi connectivity index (χ3n) is 4.23. The van der Waals surface area contributed by atoms with Gasteiger partial charge in [-0.3, -0.25) is 4.79 Å². The minimum absolute atomic E-state index is 0.145. The molecule has 1 aliphatic heterocycles. The van der Waals surface area contributed by atoms with E-state index in [9.17, 15) is 18.0 Å². The van der Waals surface area contributed by atoms with Gasteiger partial charge in [0.05, 0.1) is 5.92 Å². The maximum Gasteiger partial charge on any atom is 0.391 e. The van der Waals surface area contributed by atoms with Crippen LogP contribution in [0.15, 0.2) is 0 Å². The van der Waals surface area contributed by atoms with E-state index in [0.717, 1.165) is 0 Å². The Bertz CT molecular complexity index is 328. The molecule has 0 aliphatic carbocycles. The molecule has 0 aromatic carbocycles. The van der Waals surface area contributed by atoms with Crippen LogP contribution >= 0.6 is 0 Å². The van der Waals surface area contributed by atoms with Crippen molar-refractivity contribution in [1.29, 1.82) is 0 Å². The van der Waals surface area contributed by atoms with Gasteiger partial charge in [0, 0.05) is 0 Å². The molecule has 4 nitrogen and oxygen atoms in total. The Labute approximate surface area is 117 Å². The molecule has 1 saturated heterocycles. The number of carboxylic acids is 1. The molecule has 1 fully saturated rings. The van der Waals surface area contributed by atoms with E-state index < -0.39 is 23.6 Å². The van der Waals surface area contributed by atoms with Crippen LogP contribution in [0.3, 0.4) is 0 Å². The minimum Gasteiger partial charge on any atom is -0.480 e. The molecule has 0 aromatic heterocycles. The summed E-state index contributed by atoms with van der Waals surface area (Å²) >= 11 is 0. The topological polar surface area (TPSA) is 52.6 Å². The largest absolute Gasteiger partial charge is 0.480 e. The Morgan fingerprint density at radius 2 is 1.90 bits per heavy atom. The molecule has 0 spiro atoms. The lowest BCUT2D eigenvalue weighted by Crippen LogP contribution is -2.48. The van der Waals surface area contributed by atoms with Crippen molar-refractivity contribution >= 4 is 5.97 Å². The maximum atomic E-state index is 12.5. The van der Waals surface area contributed by atoms with E-state index in [-0.39, 0.29) is 12.8 Å².